The highest BCUT2D eigenvalue weighted by Gasteiger charge is 2.27. The van der Waals surface area contributed by atoms with Crippen molar-refractivity contribution in [1.82, 2.24) is 14.2 Å². The molecule has 0 spiro atoms. The summed E-state index contributed by atoms with van der Waals surface area (Å²) < 4.78 is 28.2. The van der Waals surface area contributed by atoms with Crippen LogP contribution in [0.15, 0.2) is 47.4 Å². The number of fused-ring (bicyclic) bond motifs is 1. The normalized spacial score (nSPS) is 15.5. The minimum absolute atomic E-state index is 0.152. The number of rotatable bonds is 6. The second kappa shape index (κ2) is 9.56. The summed E-state index contributed by atoms with van der Waals surface area (Å²) in [7, 11) is -1.59. The minimum atomic E-state index is -3.57. The number of carbonyl (C=O) groups is 2. The largest absolute Gasteiger partial charge is 0.326 e. The second-order valence-electron chi connectivity index (χ2n) is 7.96. The zero-order valence-electron chi connectivity index (χ0n) is 18.4. The molecular formula is C22H25N5O4S2. The number of sulfonamides is 1. The van der Waals surface area contributed by atoms with Crippen LogP contribution in [0.4, 0.5) is 10.8 Å². The number of thiazole rings is 1. The third kappa shape index (κ3) is 5.56. The molecular weight excluding hydrogens is 462 g/mol. The Morgan fingerprint density at radius 2 is 1.73 bits per heavy atom. The number of aromatic nitrogens is 1. The van der Waals surface area contributed by atoms with Crippen molar-refractivity contribution in [3.63, 3.8) is 0 Å². The third-order valence-corrected chi connectivity index (χ3v) is 8.17. The highest BCUT2D eigenvalue weighted by molar-refractivity contribution is 7.89. The molecule has 1 aromatic heterocycles. The molecule has 9 nitrogen and oxygen atoms in total. The Morgan fingerprint density at radius 1 is 1.03 bits per heavy atom. The monoisotopic (exact) mass is 487 g/mol. The van der Waals surface area contributed by atoms with E-state index in [4.69, 9.17) is 0 Å². The van der Waals surface area contributed by atoms with Gasteiger partial charge in [-0.1, -0.05) is 23.5 Å². The van der Waals surface area contributed by atoms with Crippen molar-refractivity contribution in [3.05, 3.63) is 48.0 Å². The van der Waals surface area contributed by atoms with E-state index in [1.54, 1.807) is 42.5 Å². The highest BCUT2D eigenvalue weighted by atomic mass is 32.2. The van der Waals surface area contributed by atoms with E-state index in [1.807, 2.05) is 7.05 Å². The standard InChI is InChI=1S/C22H25N5O4S2/c1-15(28)23-17-5-3-16(4-6-17)13-21(29)25-22-24-19-8-7-18(14-20(19)32-22)33(30,31)27-11-9-26(2)10-12-27/h3-8,14H,9-13H2,1-2H3,(H,23,28)(H,24,25,29). The van der Waals surface area contributed by atoms with Gasteiger partial charge in [-0.05, 0) is 42.9 Å². The highest BCUT2D eigenvalue weighted by Crippen LogP contribution is 2.29. The van der Waals surface area contributed by atoms with Crippen molar-refractivity contribution in [3.8, 4) is 0 Å². The number of nitrogens with zero attached hydrogens (tertiary/aromatic N) is 3. The summed E-state index contributed by atoms with van der Waals surface area (Å²) in [4.78, 5) is 30.3. The van der Waals surface area contributed by atoms with Crippen molar-refractivity contribution >= 4 is 54.2 Å². The van der Waals surface area contributed by atoms with Gasteiger partial charge in [0, 0.05) is 38.8 Å². The Balaban J connectivity index is 1.44. The number of anilines is 2. The molecule has 2 aromatic carbocycles. The molecule has 0 saturated carbocycles. The SMILES string of the molecule is CC(=O)Nc1ccc(CC(=O)Nc2nc3ccc(S(=O)(=O)N4CCN(C)CC4)cc3s2)cc1. The van der Waals surface area contributed by atoms with Crippen LogP contribution in [-0.2, 0) is 26.0 Å². The lowest BCUT2D eigenvalue weighted by atomic mass is 10.1. The first-order chi connectivity index (χ1) is 15.7. The van der Waals surface area contributed by atoms with Crippen LogP contribution in [0.25, 0.3) is 10.2 Å². The molecule has 2 heterocycles. The van der Waals surface area contributed by atoms with E-state index in [0.717, 1.165) is 5.56 Å². The molecule has 0 atom stereocenters. The Morgan fingerprint density at radius 3 is 2.39 bits per heavy atom. The van der Waals surface area contributed by atoms with Crippen LogP contribution in [0.1, 0.15) is 12.5 Å². The summed E-state index contributed by atoms with van der Waals surface area (Å²) in [5.74, 6) is -0.387. The number of amides is 2. The predicted octanol–water partition coefficient (Wildman–Crippen LogP) is 2.37. The molecule has 1 aliphatic rings. The molecule has 11 heteroatoms. The third-order valence-electron chi connectivity index (χ3n) is 5.35. The summed E-state index contributed by atoms with van der Waals surface area (Å²) in [6, 6.07) is 11.9. The van der Waals surface area contributed by atoms with E-state index >= 15 is 0 Å². The molecule has 1 fully saturated rings. The number of hydrogen-bond acceptors (Lipinski definition) is 7. The number of benzene rings is 2. The summed E-state index contributed by atoms with van der Waals surface area (Å²) in [5, 5.41) is 5.88. The maximum atomic E-state index is 13.0. The van der Waals surface area contributed by atoms with Crippen molar-refractivity contribution in [1.29, 1.82) is 0 Å². The smallest absolute Gasteiger partial charge is 0.243 e. The Bertz CT molecular complexity index is 1280. The van der Waals surface area contributed by atoms with Crippen LogP contribution in [0.5, 0.6) is 0 Å². The number of likely N-dealkylation sites (N-methyl/N-ethyl adjacent to an activating group) is 1. The Kier molecular flexibility index (Phi) is 6.75. The van der Waals surface area contributed by atoms with Gasteiger partial charge in [-0.25, -0.2) is 13.4 Å². The molecule has 3 aromatic rings. The van der Waals surface area contributed by atoms with Crippen LogP contribution in [0.3, 0.4) is 0 Å². The van der Waals surface area contributed by atoms with Crippen molar-refractivity contribution in [2.45, 2.75) is 18.2 Å². The van der Waals surface area contributed by atoms with Gasteiger partial charge in [-0.15, -0.1) is 0 Å². The lowest BCUT2D eigenvalue weighted by molar-refractivity contribution is -0.116. The number of nitrogens with one attached hydrogen (secondary N) is 2. The van der Waals surface area contributed by atoms with Crippen LogP contribution in [0.2, 0.25) is 0 Å². The average Bonchev–Trinajstić information content (AvgIpc) is 3.16. The molecule has 0 radical (unpaired) electrons. The maximum absolute atomic E-state index is 13.0. The molecule has 4 rings (SSSR count). The maximum Gasteiger partial charge on any atom is 0.243 e. The molecule has 0 bridgehead atoms. The van der Waals surface area contributed by atoms with Gasteiger partial charge in [0.05, 0.1) is 21.5 Å². The molecule has 0 unspecified atom stereocenters. The van der Waals surface area contributed by atoms with Gasteiger partial charge in [0.2, 0.25) is 21.8 Å². The van der Waals surface area contributed by atoms with E-state index in [9.17, 15) is 18.0 Å². The average molecular weight is 488 g/mol. The van der Waals surface area contributed by atoms with Crippen LogP contribution >= 0.6 is 11.3 Å². The minimum Gasteiger partial charge on any atom is -0.326 e. The van der Waals surface area contributed by atoms with Gasteiger partial charge < -0.3 is 15.5 Å². The molecule has 2 N–H and O–H groups in total. The zero-order valence-corrected chi connectivity index (χ0v) is 20.0. The van der Waals surface area contributed by atoms with Crippen LogP contribution < -0.4 is 10.6 Å². The first-order valence-electron chi connectivity index (χ1n) is 10.5. The molecule has 1 aliphatic heterocycles. The van der Waals surface area contributed by atoms with E-state index in [2.05, 4.69) is 20.5 Å². The summed E-state index contributed by atoms with van der Waals surface area (Å²) in [5.41, 5.74) is 2.09. The van der Waals surface area contributed by atoms with E-state index < -0.39 is 10.0 Å². The fourth-order valence-corrected chi connectivity index (χ4v) is 6.00. The van der Waals surface area contributed by atoms with E-state index in [1.165, 1.54) is 22.6 Å². The Hall–Kier alpha value is -2.86. The van der Waals surface area contributed by atoms with E-state index in [0.29, 0.717) is 47.2 Å². The van der Waals surface area contributed by atoms with Crippen LogP contribution in [-0.4, -0.2) is 67.6 Å². The van der Waals surface area contributed by atoms with Gasteiger partial charge in [0.25, 0.3) is 0 Å². The first kappa shape index (κ1) is 23.3. The fraction of sp³-hybridized carbons (Fsp3) is 0.318. The topological polar surface area (TPSA) is 112 Å². The second-order valence-corrected chi connectivity index (χ2v) is 10.9. The zero-order chi connectivity index (χ0) is 23.6. The first-order valence-corrected chi connectivity index (χ1v) is 12.7. The number of carbonyl (C=O) groups excluding carboxylic acids is 2. The van der Waals surface area contributed by atoms with Gasteiger partial charge in [0.1, 0.15) is 0 Å². The molecule has 2 amide bonds. The lowest BCUT2D eigenvalue weighted by Gasteiger charge is -2.31. The van der Waals surface area contributed by atoms with E-state index in [-0.39, 0.29) is 23.1 Å². The number of piperazine rings is 1. The van der Waals surface area contributed by atoms with Gasteiger partial charge in [-0.3, -0.25) is 9.59 Å². The summed E-state index contributed by atoms with van der Waals surface area (Å²) in [6.45, 7) is 3.77. The lowest BCUT2D eigenvalue weighted by Crippen LogP contribution is -2.46. The molecule has 1 saturated heterocycles. The van der Waals surface area contributed by atoms with Crippen molar-refractivity contribution in [2.24, 2.45) is 0 Å². The quantitative estimate of drug-likeness (QED) is 0.552. The Labute approximate surface area is 196 Å². The van der Waals surface area contributed by atoms with Crippen molar-refractivity contribution < 1.29 is 18.0 Å². The van der Waals surface area contributed by atoms with Crippen LogP contribution in [0, 0.1) is 0 Å². The summed E-state index contributed by atoms with van der Waals surface area (Å²) >= 11 is 1.24. The molecule has 0 aliphatic carbocycles. The number of hydrogen-bond donors (Lipinski definition) is 2. The van der Waals surface area contributed by atoms with Gasteiger partial charge in [-0.2, -0.15) is 4.31 Å². The summed E-state index contributed by atoms with van der Waals surface area (Å²) in [6.07, 6.45) is 0.152. The molecule has 33 heavy (non-hydrogen) atoms. The predicted molar refractivity (Wildman–Crippen MR) is 129 cm³/mol. The molecule has 174 valence electrons. The fourth-order valence-electron chi connectivity index (χ4n) is 3.55. The van der Waals surface area contributed by atoms with Gasteiger partial charge in [0.15, 0.2) is 5.13 Å². The van der Waals surface area contributed by atoms with Crippen molar-refractivity contribution in [2.75, 3.05) is 43.9 Å². The van der Waals surface area contributed by atoms with Gasteiger partial charge >= 0.3 is 0 Å².